The normalized spacial score (nSPS) is 9.96. The summed E-state index contributed by atoms with van der Waals surface area (Å²) in [5, 5.41) is 11.4. The van der Waals surface area contributed by atoms with Gasteiger partial charge in [0.1, 0.15) is 11.5 Å². The summed E-state index contributed by atoms with van der Waals surface area (Å²) < 4.78 is 10.7. The molecule has 7 heteroatoms. The van der Waals surface area contributed by atoms with Gasteiger partial charge in [-0.1, -0.05) is 6.07 Å². The van der Waals surface area contributed by atoms with Crippen LogP contribution in [0.1, 0.15) is 0 Å². The number of rotatable bonds is 5. The Hall–Kier alpha value is -3.66. The lowest BCUT2D eigenvalue weighted by Crippen LogP contribution is -2.01. The molecule has 0 spiro atoms. The lowest BCUT2D eigenvalue weighted by molar-refractivity contribution is 0.404. The zero-order valence-corrected chi connectivity index (χ0v) is 13.7. The van der Waals surface area contributed by atoms with Crippen molar-refractivity contribution < 1.29 is 9.47 Å². The summed E-state index contributed by atoms with van der Waals surface area (Å²) in [6, 6.07) is 12.7. The Morgan fingerprint density at radius 2 is 1.80 bits per heavy atom. The third kappa shape index (κ3) is 3.48. The van der Waals surface area contributed by atoms with Gasteiger partial charge in [-0.05, 0) is 36.4 Å². The van der Waals surface area contributed by atoms with E-state index in [2.05, 4.69) is 20.3 Å². The van der Waals surface area contributed by atoms with Gasteiger partial charge in [0.05, 0.1) is 31.3 Å². The number of nitrogens with zero attached hydrogens (tertiary/aromatic N) is 4. The third-order valence-electron chi connectivity index (χ3n) is 3.50. The minimum atomic E-state index is 0.186. The maximum absolute atomic E-state index is 8.92. The van der Waals surface area contributed by atoms with E-state index in [0.29, 0.717) is 28.6 Å². The van der Waals surface area contributed by atoms with Gasteiger partial charge < -0.3 is 9.47 Å². The van der Waals surface area contributed by atoms with Crippen molar-refractivity contribution in [3.05, 3.63) is 48.7 Å². The molecule has 1 N–H and O–H groups in total. The van der Waals surface area contributed by atoms with Crippen LogP contribution in [-0.4, -0.2) is 29.2 Å². The molecule has 0 fully saturated rings. The summed E-state index contributed by atoms with van der Waals surface area (Å²) in [6.07, 6.45) is 3.52. The molecule has 0 aliphatic heterocycles. The number of ether oxygens (including phenoxy) is 2. The summed E-state index contributed by atoms with van der Waals surface area (Å²) in [4.78, 5) is 13.0. The van der Waals surface area contributed by atoms with Gasteiger partial charge in [-0.15, -0.1) is 0 Å². The van der Waals surface area contributed by atoms with E-state index in [-0.39, 0.29) is 5.95 Å². The molecule has 7 nitrogen and oxygen atoms in total. The first kappa shape index (κ1) is 16.2. The average molecular weight is 333 g/mol. The molecule has 0 unspecified atom stereocenters. The molecule has 0 atom stereocenters. The first-order valence-corrected chi connectivity index (χ1v) is 7.43. The number of hydrogen-bond acceptors (Lipinski definition) is 7. The van der Waals surface area contributed by atoms with Crippen molar-refractivity contribution in [3.8, 4) is 40.3 Å². The SMILES string of the molecule is COc1ccc(OC)c(-c2cc(-c3ccccn3)nc(NC#N)n2)c1. The Kier molecular flexibility index (Phi) is 4.72. The summed E-state index contributed by atoms with van der Waals surface area (Å²) in [5.41, 5.74) is 2.58. The first-order valence-electron chi connectivity index (χ1n) is 7.43. The summed E-state index contributed by atoms with van der Waals surface area (Å²) >= 11 is 0. The minimum Gasteiger partial charge on any atom is -0.497 e. The third-order valence-corrected chi connectivity index (χ3v) is 3.50. The van der Waals surface area contributed by atoms with Gasteiger partial charge in [-0.2, -0.15) is 5.26 Å². The topological polar surface area (TPSA) is 93.0 Å². The largest absolute Gasteiger partial charge is 0.497 e. The van der Waals surface area contributed by atoms with Crippen molar-refractivity contribution in [1.29, 1.82) is 5.26 Å². The molecule has 124 valence electrons. The highest BCUT2D eigenvalue weighted by atomic mass is 16.5. The van der Waals surface area contributed by atoms with Crippen LogP contribution in [0.4, 0.5) is 5.95 Å². The molecule has 0 aliphatic rings. The molecule has 2 aromatic heterocycles. The number of anilines is 1. The molecule has 0 bridgehead atoms. The first-order chi connectivity index (χ1) is 12.2. The number of pyridine rings is 1. The van der Waals surface area contributed by atoms with E-state index in [1.165, 1.54) is 0 Å². The van der Waals surface area contributed by atoms with Gasteiger partial charge in [0.15, 0.2) is 6.19 Å². The summed E-state index contributed by atoms with van der Waals surface area (Å²) in [7, 11) is 3.17. The molecule has 3 rings (SSSR count). The van der Waals surface area contributed by atoms with E-state index < -0.39 is 0 Å². The average Bonchev–Trinajstić information content (AvgIpc) is 2.68. The fourth-order valence-electron chi connectivity index (χ4n) is 2.35. The van der Waals surface area contributed by atoms with Gasteiger partial charge in [-0.25, -0.2) is 9.97 Å². The Labute approximate surface area is 144 Å². The molecular formula is C18H15N5O2. The van der Waals surface area contributed by atoms with Crippen LogP contribution >= 0.6 is 0 Å². The number of hydrogen-bond donors (Lipinski definition) is 1. The van der Waals surface area contributed by atoms with Gasteiger partial charge in [0.2, 0.25) is 5.95 Å². The van der Waals surface area contributed by atoms with Crippen LogP contribution in [-0.2, 0) is 0 Å². The van der Waals surface area contributed by atoms with Gasteiger partial charge >= 0.3 is 0 Å². The van der Waals surface area contributed by atoms with Crippen molar-refractivity contribution >= 4 is 5.95 Å². The Morgan fingerprint density at radius 1 is 0.960 bits per heavy atom. The van der Waals surface area contributed by atoms with Crippen LogP contribution in [0.5, 0.6) is 11.5 Å². The van der Waals surface area contributed by atoms with Crippen molar-refractivity contribution in [2.45, 2.75) is 0 Å². The zero-order valence-electron chi connectivity index (χ0n) is 13.7. The molecule has 0 aliphatic carbocycles. The number of aromatic nitrogens is 3. The fourth-order valence-corrected chi connectivity index (χ4v) is 2.35. The molecule has 0 radical (unpaired) electrons. The Balaban J connectivity index is 2.19. The van der Waals surface area contributed by atoms with Crippen LogP contribution in [0.15, 0.2) is 48.7 Å². The highest BCUT2D eigenvalue weighted by molar-refractivity contribution is 5.73. The number of nitriles is 1. The van der Waals surface area contributed by atoms with Crippen LogP contribution in [0.3, 0.4) is 0 Å². The summed E-state index contributed by atoms with van der Waals surface area (Å²) in [6.45, 7) is 0. The number of benzene rings is 1. The lowest BCUT2D eigenvalue weighted by atomic mass is 10.1. The fraction of sp³-hybridized carbons (Fsp3) is 0.111. The van der Waals surface area contributed by atoms with Gasteiger partial charge in [0.25, 0.3) is 0 Å². The van der Waals surface area contributed by atoms with E-state index >= 15 is 0 Å². The van der Waals surface area contributed by atoms with E-state index in [1.54, 1.807) is 38.6 Å². The smallest absolute Gasteiger partial charge is 0.237 e. The van der Waals surface area contributed by atoms with Crippen LogP contribution in [0.2, 0.25) is 0 Å². The maximum atomic E-state index is 8.92. The molecule has 0 saturated carbocycles. The number of methoxy groups -OCH3 is 2. The Bertz CT molecular complexity index is 922. The van der Waals surface area contributed by atoms with Crippen molar-refractivity contribution in [2.24, 2.45) is 0 Å². The standard InChI is InChI=1S/C18H15N5O2/c1-24-12-6-7-17(25-2)13(9-12)15-10-16(14-5-3-4-8-20-14)23-18(22-15)21-11-19/h3-10H,1-2H3,(H,21,22,23). The quantitative estimate of drug-likeness (QED) is 0.566. The van der Waals surface area contributed by atoms with Crippen LogP contribution in [0.25, 0.3) is 22.6 Å². The van der Waals surface area contributed by atoms with E-state index in [4.69, 9.17) is 14.7 Å². The van der Waals surface area contributed by atoms with Gasteiger partial charge in [-0.3, -0.25) is 10.3 Å². The van der Waals surface area contributed by atoms with E-state index in [0.717, 1.165) is 5.56 Å². The second kappa shape index (κ2) is 7.27. The second-order valence-corrected chi connectivity index (χ2v) is 4.98. The van der Waals surface area contributed by atoms with E-state index in [9.17, 15) is 0 Å². The molecule has 2 heterocycles. The summed E-state index contributed by atoms with van der Waals surface area (Å²) in [5.74, 6) is 1.49. The van der Waals surface area contributed by atoms with Crippen molar-refractivity contribution in [2.75, 3.05) is 19.5 Å². The molecule has 3 aromatic rings. The molecular weight excluding hydrogens is 318 g/mol. The molecule has 1 aromatic carbocycles. The second-order valence-electron chi connectivity index (χ2n) is 4.98. The van der Waals surface area contributed by atoms with Gasteiger partial charge in [0, 0.05) is 11.8 Å². The zero-order chi connectivity index (χ0) is 17.6. The highest BCUT2D eigenvalue weighted by Crippen LogP contribution is 2.34. The predicted molar refractivity (Wildman–Crippen MR) is 93.0 cm³/mol. The minimum absolute atomic E-state index is 0.186. The highest BCUT2D eigenvalue weighted by Gasteiger charge is 2.14. The van der Waals surface area contributed by atoms with Crippen LogP contribution in [0, 0.1) is 11.5 Å². The Morgan fingerprint density at radius 3 is 2.48 bits per heavy atom. The molecule has 25 heavy (non-hydrogen) atoms. The predicted octanol–water partition coefficient (Wildman–Crippen LogP) is 3.12. The van der Waals surface area contributed by atoms with Crippen LogP contribution < -0.4 is 14.8 Å². The van der Waals surface area contributed by atoms with E-state index in [1.807, 2.05) is 30.5 Å². The lowest BCUT2D eigenvalue weighted by Gasteiger charge is -2.12. The molecule has 0 amide bonds. The monoisotopic (exact) mass is 333 g/mol. The van der Waals surface area contributed by atoms with Crippen molar-refractivity contribution in [1.82, 2.24) is 15.0 Å². The van der Waals surface area contributed by atoms with Crippen molar-refractivity contribution in [3.63, 3.8) is 0 Å². The maximum Gasteiger partial charge on any atom is 0.237 e. The molecule has 0 saturated heterocycles. The number of nitrogens with one attached hydrogen (secondary N) is 1.